The van der Waals surface area contributed by atoms with Gasteiger partial charge in [-0.15, -0.1) is 0 Å². The number of nitrogens with two attached hydrogens (primary N) is 1. The Morgan fingerprint density at radius 1 is 1.29 bits per heavy atom. The summed E-state index contributed by atoms with van der Waals surface area (Å²) < 4.78 is 22.2. The van der Waals surface area contributed by atoms with Gasteiger partial charge in [-0.1, -0.05) is 27.7 Å². The van der Waals surface area contributed by atoms with Crippen LogP contribution < -0.4 is 11.3 Å². The monoisotopic (exact) mass is 264 g/mol. The Labute approximate surface area is 106 Å². The second-order valence-electron chi connectivity index (χ2n) is 6.39. The molecule has 3 N–H and O–H groups in total. The van der Waals surface area contributed by atoms with Crippen LogP contribution in [-0.2, 0) is 9.84 Å². The third kappa shape index (κ3) is 10.7. The number of nitrogens with one attached hydrogen (secondary N) is 1. The van der Waals surface area contributed by atoms with Crippen LogP contribution >= 0.6 is 0 Å². The lowest BCUT2D eigenvalue weighted by molar-refractivity contribution is 0.273. The minimum atomic E-state index is -2.90. The van der Waals surface area contributed by atoms with Crippen molar-refractivity contribution in [2.24, 2.45) is 17.2 Å². The molecule has 2 unspecified atom stereocenters. The SMILES string of the molecule is CC(CC(CCS(C)(=O)=O)NN)CC(C)(C)C. The van der Waals surface area contributed by atoms with Gasteiger partial charge in [-0.2, -0.15) is 0 Å². The number of rotatable bonds is 7. The molecule has 104 valence electrons. The second-order valence-corrected chi connectivity index (χ2v) is 8.65. The summed E-state index contributed by atoms with van der Waals surface area (Å²) in [5.41, 5.74) is 3.03. The van der Waals surface area contributed by atoms with Crippen LogP contribution in [0.4, 0.5) is 0 Å². The average molecular weight is 264 g/mol. The number of hydrogen-bond donors (Lipinski definition) is 2. The summed E-state index contributed by atoms with van der Waals surface area (Å²) >= 11 is 0. The molecular weight excluding hydrogens is 236 g/mol. The molecule has 0 rings (SSSR count). The molecule has 0 aromatic carbocycles. The number of hydrogen-bond acceptors (Lipinski definition) is 4. The number of sulfone groups is 1. The minimum absolute atomic E-state index is 0.0853. The summed E-state index contributed by atoms with van der Waals surface area (Å²) in [5.74, 6) is 6.21. The van der Waals surface area contributed by atoms with Gasteiger partial charge in [-0.05, 0) is 30.6 Å². The smallest absolute Gasteiger partial charge is 0.147 e. The fourth-order valence-corrected chi connectivity index (χ4v) is 2.95. The lowest BCUT2D eigenvalue weighted by Crippen LogP contribution is -2.38. The minimum Gasteiger partial charge on any atom is -0.271 e. The zero-order valence-corrected chi connectivity index (χ0v) is 12.6. The van der Waals surface area contributed by atoms with Crippen molar-refractivity contribution < 1.29 is 8.42 Å². The zero-order valence-electron chi connectivity index (χ0n) is 11.8. The van der Waals surface area contributed by atoms with Crippen molar-refractivity contribution in [1.29, 1.82) is 0 Å². The maximum Gasteiger partial charge on any atom is 0.147 e. The molecule has 0 spiro atoms. The molecule has 17 heavy (non-hydrogen) atoms. The third-order valence-electron chi connectivity index (χ3n) is 2.72. The maximum absolute atomic E-state index is 11.1. The van der Waals surface area contributed by atoms with Crippen LogP contribution in [0.25, 0.3) is 0 Å². The lowest BCUT2D eigenvalue weighted by Gasteiger charge is -2.26. The first-order valence-corrected chi connectivity index (χ1v) is 8.23. The standard InChI is InChI=1S/C12H28N2O2S/c1-10(9-12(2,3)4)8-11(14-13)6-7-17(5,15)16/h10-11,14H,6-9,13H2,1-5H3. The molecule has 0 amide bonds. The molecule has 0 radical (unpaired) electrons. The highest BCUT2D eigenvalue weighted by molar-refractivity contribution is 7.90. The Balaban J connectivity index is 4.13. The van der Waals surface area contributed by atoms with Gasteiger partial charge in [0.05, 0.1) is 5.75 Å². The quantitative estimate of drug-likeness (QED) is 0.542. The molecule has 0 bridgehead atoms. The van der Waals surface area contributed by atoms with Crippen molar-refractivity contribution in [3.05, 3.63) is 0 Å². The van der Waals surface area contributed by atoms with E-state index in [4.69, 9.17) is 5.84 Å². The molecule has 0 aliphatic heterocycles. The van der Waals surface area contributed by atoms with E-state index < -0.39 is 9.84 Å². The first kappa shape index (κ1) is 16.9. The van der Waals surface area contributed by atoms with E-state index in [2.05, 4.69) is 33.1 Å². The van der Waals surface area contributed by atoms with E-state index >= 15 is 0 Å². The summed E-state index contributed by atoms with van der Waals surface area (Å²) in [7, 11) is -2.90. The lowest BCUT2D eigenvalue weighted by atomic mass is 9.83. The topological polar surface area (TPSA) is 72.2 Å². The molecule has 0 saturated heterocycles. The fourth-order valence-electron chi connectivity index (χ4n) is 2.24. The highest BCUT2D eigenvalue weighted by Gasteiger charge is 2.19. The normalized spacial score (nSPS) is 16.8. The predicted octanol–water partition coefficient (Wildman–Crippen LogP) is 1.72. The van der Waals surface area contributed by atoms with Gasteiger partial charge >= 0.3 is 0 Å². The molecule has 0 fully saturated rings. The Kier molecular flexibility index (Phi) is 6.66. The summed E-state index contributed by atoms with van der Waals surface area (Å²) in [6.07, 6.45) is 3.89. The molecule has 0 aromatic rings. The Morgan fingerprint density at radius 3 is 2.18 bits per heavy atom. The molecule has 4 nitrogen and oxygen atoms in total. The molecular formula is C12H28N2O2S. The van der Waals surface area contributed by atoms with E-state index in [0.29, 0.717) is 17.8 Å². The third-order valence-corrected chi connectivity index (χ3v) is 3.70. The fraction of sp³-hybridized carbons (Fsp3) is 1.00. The summed E-state index contributed by atoms with van der Waals surface area (Å²) in [5, 5.41) is 0. The molecule has 0 heterocycles. The first-order chi connectivity index (χ1) is 7.53. The van der Waals surface area contributed by atoms with E-state index in [1.165, 1.54) is 6.26 Å². The van der Waals surface area contributed by atoms with Crippen LogP contribution in [0.5, 0.6) is 0 Å². The molecule has 0 aliphatic carbocycles. The van der Waals surface area contributed by atoms with Crippen molar-refractivity contribution in [2.75, 3.05) is 12.0 Å². The van der Waals surface area contributed by atoms with Crippen molar-refractivity contribution in [1.82, 2.24) is 5.43 Å². The summed E-state index contributed by atoms with van der Waals surface area (Å²) in [4.78, 5) is 0. The van der Waals surface area contributed by atoms with Gasteiger partial charge < -0.3 is 0 Å². The van der Waals surface area contributed by atoms with Crippen LogP contribution in [0.15, 0.2) is 0 Å². The van der Waals surface area contributed by atoms with Crippen molar-refractivity contribution >= 4 is 9.84 Å². The van der Waals surface area contributed by atoms with E-state index in [0.717, 1.165) is 12.8 Å². The predicted molar refractivity (Wildman–Crippen MR) is 73.3 cm³/mol. The van der Waals surface area contributed by atoms with Crippen LogP contribution in [0.1, 0.15) is 47.0 Å². The van der Waals surface area contributed by atoms with E-state index in [9.17, 15) is 8.42 Å². The number of hydrazine groups is 1. The van der Waals surface area contributed by atoms with Gasteiger partial charge in [-0.25, -0.2) is 8.42 Å². The molecule has 0 aliphatic rings. The molecule has 0 saturated carbocycles. The summed E-state index contributed by atoms with van der Waals surface area (Å²) in [6.45, 7) is 8.83. The zero-order chi connectivity index (χ0) is 13.7. The van der Waals surface area contributed by atoms with Crippen molar-refractivity contribution in [3.8, 4) is 0 Å². The summed E-state index contributed by atoms with van der Waals surface area (Å²) in [6, 6.07) is 0.0853. The average Bonchev–Trinajstić information content (AvgIpc) is 2.07. The van der Waals surface area contributed by atoms with Crippen molar-refractivity contribution in [3.63, 3.8) is 0 Å². The molecule has 5 heteroatoms. The van der Waals surface area contributed by atoms with Crippen LogP contribution in [0, 0.1) is 11.3 Å². The van der Waals surface area contributed by atoms with Gasteiger partial charge in [0.2, 0.25) is 0 Å². The van der Waals surface area contributed by atoms with Crippen LogP contribution in [-0.4, -0.2) is 26.5 Å². The van der Waals surface area contributed by atoms with Crippen LogP contribution in [0.2, 0.25) is 0 Å². The van der Waals surface area contributed by atoms with Gasteiger partial charge in [-0.3, -0.25) is 11.3 Å². The molecule has 0 aromatic heterocycles. The Hall–Kier alpha value is -0.130. The second kappa shape index (κ2) is 6.71. The van der Waals surface area contributed by atoms with Gasteiger partial charge in [0.1, 0.15) is 9.84 Å². The highest BCUT2D eigenvalue weighted by atomic mass is 32.2. The van der Waals surface area contributed by atoms with Crippen LogP contribution in [0.3, 0.4) is 0 Å². The van der Waals surface area contributed by atoms with Crippen molar-refractivity contribution in [2.45, 2.75) is 53.0 Å². The largest absolute Gasteiger partial charge is 0.271 e. The Morgan fingerprint density at radius 2 is 1.82 bits per heavy atom. The highest BCUT2D eigenvalue weighted by Crippen LogP contribution is 2.27. The van der Waals surface area contributed by atoms with E-state index in [-0.39, 0.29) is 11.8 Å². The molecule has 2 atom stereocenters. The van der Waals surface area contributed by atoms with Gasteiger partial charge in [0.15, 0.2) is 0 Å². The van der Waals surface area contributed by atoms with E-state index in [1.54, 1.807) is 0 Å². The maximum atomic E-state index is 11.1. The van der Waals surface area contributed by atoms with Gasteiger partial charge in [0, 0.05) is 12.3 Å². The first-order valence-electron chi connectivity index (χ1n) is 6.17. The Bertz CT molecular complexity index is 307. The van der Waals surface area contributed by atoms with Gasteiger partial charge in [0.25, 0.3) is 0 Å². The van der Waals surface area contributed by atoms with E-state index in [1.807, 2.05) is 0 Å².